The van der Waals surface area contributed by atoms with Gasteiger partial charge in [-0.1, -0.05) is 32.6 Å². The van der Waals surface area contributed by atoms with Crippen molar-refractivity contribution in [3.8, 4) is 0 Å². The Morgan fingerprint density at radius 2 is 1.90 bits per heavy atom. The van der Waals surface area contributed by atoms with Crippen LogP contribution in [-0.4, -0.2) is 28.8 Å². The fourth-order valence-corrected chi connectivity index (χ4v) is 2.97. The summed E-state index contributed by atoms with van der Waals surface area (Å²) in [5.41, 5.74) is -0.621. The molecule has 1 aliphatic carbocycles. The van der Waals surface area contributed by atoms with E-state index < -0.39 is 23.7 Å². The van der Waals surface area contributed by atoms with Gasteiger partial charge in [0, 0.05) is 0 Å². The Bertz CT molecular complexity index is 348. The topological polar surface area (TPSA) is 75.6 Å². The zero-order valence-corrected chi connectivity index (χ0v) is 12.9. The third-order valence-electron chi connectivity index (χ3n) is 3.86. The Labute approximate surface area is 121 Å². The van der Waals surface area contributed by atoms with Crippen molar-refractivity contribution >= 4 is 12.1 Å². The van der Waals surface area contributed by atoms with Gasteiger partial charge in [-0.05, 0) is 39.0 Å². The van der Waals surface area contributed by atoms with E-state index in [9.17, 15) is 14.7 Å². The third kappa shape index (κ3) is 5.02. The van der Waals surface area contributed by atoms with Crippen LogP contribution >= 0.6 is 0 Å². The number of hydrogen-bond acceptors (Lipinski definition) is 3. The number of aliphatic carboxylic acids is 1. The number of carboxylic acid groups (broad SMARTS) is 1. The number of alkyl carbamates (subject to hydrolysis) is 1. The van der Waals surface area contributed by atoms with Crippen LogP contribution in [-0.2, 0) is 9.53 Å². The first kappa shape index (κ1) is 16.8. The molecule has 0 bridgehead atoms. The third-order valence-corrected chi connectivity index (χ3v) is 3.86. The Kier molecular flexibility index (Phi) is 5.84. The van der Waals surface area contributed by atoms with Gasteiger partial charge in [0.25, 0.3) is 0 Å². The predicted molar refractivity (Wildman–Crippen MR) is 76.5 cm³/mol. The summed E-state index contributed by atoms with van der Waals surface area (Å²) in [7, 11) is 0. The zero-order valence-electron chi connectivity index (χ0n) is 12.9. The molecule has 0 aromatic carbocycles. The Morgan fingerprint density at radius 1 is 1.30 bits per heavy atom. The Balaban J connectivity index is 2.73. The number of amides is 1. The molecule has 0 saturated heterocycles. The first-order chi connectivity index (χ1) is 9.24. The molecule has 1 amide bonds. The maximum absolute atomic E-state index is 11.8. The second-order valence-corrected chi connectivity index (χ2v) is 6.58. The van der Waals surface area contributed by atoms with E-state index in [1.165, 1.54) is 0 Å². The second kappa shape index (κ2) is 6.95. The summed E-state index contributed by atoms with van der Waals surface area (Å²) in [6.07, 6.45) is 4.37. The van der Waals surface area contributed by atoms with E-state index in [4.69, 9.17) is 4.74 Å². The van der Waals surface area contributed by atoms with Gasteiger partial charge in [-0.2, -0.15) is 0 Å². The molecule has 5 heteroatoms. The van der Waals surface area contributed by atoms with Gasteiger partial charge in [0.15, 0.2) is 0 Å². The minimum Gasteiger partial charge on any atom is -0.480 e. The van der Waals surface area contributed by atoms with Crippen molar-refractivity contribution in [2.45, 2.75) is 71.4 Å². The van der Waals surface area contributed by atoms with Crippen LogP contribution in [0.25, 0.3) is 0 Å². The van der Waals surface area contributed by atoms with Crippen LogP contribution in [0.15, 0.2) is 0 Å². The second-order valence-electron chi connectivity index (χ2n) is 6.58. The van der Waals surface area contributed by atoms with Crippen molar-refractivity contribution < 1.29 is 19.4 Å². The molecule has 0 spiro atoms. The number of ether oxygens (including phenoxy) is 1. The van der Waals surface area contributed by atoms with E-state index >= 15 is 0 Å². The molecule has 0 aliphatic heterocycles. The van der Waals surface area contributed by atoms with Gasteiger partial charge in [-0.25, -0.2) is 9.59 Å². The molecule has 0 aromatic heterocycles. The summed E-state index contributed by atoms with van der Waals surface area (Å²) >= 11 is 0. The normalized spacial score (nSPS) is 24.8. The molecule has 3 atom stereocenters. The SMILES string of the molecule is CCC1CCCCC1C(NC(=O)OC(C)(C)C)C(=O)O. The lowest BCUT2D eigenvalue weighted by atomic mass is 9.74. The standard InChI is InChI=1S/C15H27NO4/c1-5-10-8-6-7-9-11(10)12(13(17)18)16-14(19)20-15(2,3)4/h10-12H,5-9H2,1-4H3,(H,16,19)(H,17,18). The van der Waals surface area contributed by atoms with Gasteiger partial charge < -0.3 is 15.2 Å². The van der Waals surface area contributed by atoms with Gasteiger partial charge >= 0.3 is 12.1 Å². The predicted octanol–water partition coefficient (Wildman–Crippen LogP) is 3.18. The molecule has 20 heavy (non-hydrogen) atoms. The molecule has 0 heterocycles. The van der Waals surface area contributed by atoms with Crippen molar-refractivity contribution in [1.82, 2.24) is 5.32 Å². The summed E-state index contributed by atoms with van der Waals surface area (Å²) in [5, 5.41) is 12.0. The molecule has 0 aromatic rings. The monoisotopic (exact) mass is 285 g/mol. The quantitative estimate of drug-likeness (QED) is 0.831. The molecule has 3 unspecified atom stereocenters. The maximum Gasteiger partial charge on any atom is 0.408 e. The van der Waals surface area contributed by atoms with Crippen LogP contribution < -0.4 is 5.32 Å². The average molecular weight is 285 g/mol. The highest BCUT2D eigenvalue weighted by Gasteiger charge is 2.36. The van der Waals surface area contributed by atoms with Gasteiger partial charge in [0.2, 0.25) is 0 Å². The van der Waals surface area contributed by atoms with Crippen LogP contribution in [0.1, 0.15) is 59.8 Å². The van der Waals surface area contributed by atoms with Crippen LogP contribution in [0.2, 0.25) is 0 Å². The van der Waals surface area contributed by atoms with E-state index in [1.807, 2.05) is 0 Å². The molecule has 0 radical (unpaired) electrons. The molecule has 1 saturated carbocycles. The van der Waals surface area contributed by atoms with Gasteiger partial charge in [-0.3, -0.25) is 0 Å². The zero-order chi connectivity index (χ0) is 15.3. The number of rotatable bonds is 4. The fraction of sp³-hybridized carbons (Fsp3) is 0.867. The minimum absolute atomic E-state index is 0.00114. The highest BCUT2D eigenvalue weighted by Crippen LogP contribution is 2.34. The molecular formula is C15H27NO4. The van der Waals surface area contributed by atoms with Crippen LogP contribution in [0.3, 0.4) is 0 Å². The number of carbonyl (C=O) groups excluding carboxylic acids is 1. The number of hydrogen-bond donors (Lipinski definition) is 2. The lowest BCUT2D eigenvalue weighted by Gasteiger charge is -2.35. The van der Waals surface area contributed by atoms with Crippen LogP contribution in [0.5, 0.6) is 0 Å². The number of carbonyl (C=O) groups is 2. The van der Waals surface area contributed by atoms with Gasteiger partial charge in [-0.15, -0.1) is 0 Å². The largest absolute Gasteiger partial charge is 0.480 e. The maximum atomic E-state index is 11.8. The highest BCUT2D eigenvalue weighted by molar-refractivity contribution is 5.80. The minimum atomic E-state index is -0.971. The summed E-state index contributed by atoms with van der Waals surface area (Å²) in [5.74, 6) is -0.611. The van der Waals surface area contributed by atoms with E-state index in [0.29, 0.717) is 5.92 Å². The number of nitrogens with one attached hydrogen (secondary N) is 1. The fourth-order valence-electron chi connectivity index (χ4n) is 2.97. The van der Waals surface area contributed by atoms with Crippen molar-refractivity contribution in [2.24, 2.45) is 11.8 Å². The summed E-state index contributed by atoms with van der Waals surface area (Å²) in [4.78, 5) is 23.3. The molecular weight excluding hydrogens is 258 g/mol. The summed E-state index contributed by atoms with van der Waals surface area (Å²) in [6, 6.07) is -0.852. The summed E-state index contributed by atoms with van der Waals surface area (Å²) in [6.45, 7) is 7.36. The molecule has 5 nitrogen and oxygen atoms in total. The van der Waals surface area contributed by atoms with Crippen molar-refractivity contribution in [3.63, 3.8) is 0 Å². The smallest absolute Gasteiger partial charge is 0.408 e. The lowest BCUT2D eigenvalue weighted by Crippen LogP contribution is -2.50. The van der Waals surface area contributed by atoms with Gasteiger partial charge in [0.05, 0.1) is 0 Å². The van der Waals surface area contributed by atoms with E-state index in [0.717, 1.165) is 32.1 Å². The highest BCUT2D eigenvalue weighted by atomic mass is 16.6. The molecule has 2 N–H and O–H groups in total. The Morgan fingerprint density at radius 3 is 2.40 bits per heavy atom. The van der Waals surface area contributed by atoms with Crippen LogP contribution in [0, 0.1) is 11.8 Å². The van der Waals surface area contributed by atoms with Crippen LogP contribution in [0.4, 0.5) is 4.79 Å². The summed E-state index contributed by atoms with van der Waals surface area (Å²) < 4.78 is 5.16. The van der Waals surface area contributed by atoms with Crippen molar-refractivity contribution in [2.75, 3.05) is 0 Å². The van der Waals surface area contributed by atoms with E-state index in [2.05, 4.69) is 12.2 Å². The molecule has 116 valence electrons. The first-order valence-corrected chi connectivity index (χ1v) is 7.47. The van der Waals surface area contributed by atoms with Gasteiger partial charge in [0.1, 0.15) is 11.6 Å². The average Bonchev–Trinajstić information content (AvgIpc) is 2.33. The van der Waals surface area contributed by atoms with E-state index in [1.54, 1.807) is 20.8 Å². The van der Waals surface area contributed by atoms with Crippen molar-refractivity contribution in [1.29, 1.82) is 0 Å². The van der Waals surface area contributed by atoms with E-state index in [-0.39, 0.29) is 5.92 Å². The molecule has 1 rings (SSSR count). The molecule has 1 fully saturated rings. The number of carboxylic acids is 1. The Hall–Kier alpha value is -1.26. The first-order valence-electron chi connectivity index (χ1n) is 7.47. The molecule has 1 aliphatic rings. The lowest BCUT2D eigenvalue weighted by molar-refractivity contribution is -0.142. The van der Waals surface area contributed by atoms with Crippen molar-refractivity contribution in [3.05, 3.63) is 0 Å².